The molecule has 4 aliphatic rings. The predicted octanol–water partition coefficient (Wildman–Crippen LogP) is 8.83. The number of hydrogen-bond donors (Lipinski definition) is 3. The van der Waals surface area contributed by atoms with Gasteiger partial charge in [0.2, 0.25) is 5.91 Å². The summed E-state index contributed by atoms with van der Waals surface area (Å²) in [6.07, 6.45) is 11.7. The van der Waals surface area contributed by atoms with Crippen LogP contribution in [0.25, 0.3) is 54.2 Å². The smallest absolute Gasteiger partial charge is 0.320 e. The number of morpholine rings is 1. The van der Waals surface area contributed by atoms with Gasteiger partial charge in [0.05, 0.1) is 24.6 Å². The minimum atomic E-state index is -0.359. The third-order valence-corrected chi connectivity index (χ3v) is 19.3. The summed E-state index contributed by atoms with van der Waals surface area (Å²) in [6, 6.07) is 4.35. The molecule has 0 spiro atoms. The normalized spacial score (nSPS) is 19.2. The summed E-state index contributed by atoms with van der Waals surface area (Å²) in [6.45, 7) is 26.7. The Balaban J connectivity index is 0.729. The summed E-state index contributed by atoms with van der Waals surface area (Å²) in [5.41, 5.74) is 14.2. The van der Waals surface area contributed by atoms with Crippen molar-refractivity contribution in [2.24, 2.45) is 0 Å². The van der Waals surface area contributed by atoms with Crippen molar-refractivity contribution in [2.45, 2.75) is 117 Å². The van der Waals surface area contributed by atoms with E-state index in [1.807, 2.05) is 42.9 Å². The fraction of sp³-hybridized carbons (Fsp3) is 0.527. The van der Waals surface area contributed by atoms with Crippen LogP contribution in [0.1, 0.15) is 120 Å². The molecular formula is C55H70N13O3S2+. The summed E-state index contributed by atoms with van der Waals surface area (Å²) >= 11 is 3.80. The molecular weight excluding hydrogens is 955 g/mol. The van der Waals surface area contributed by atoms with E-state index < -0.39 is 0 Å². The van der Waals surface area contributed by atoms with Gasteiger partial charge >= 0.3 is 6.03 Å². The predicted molar refractivity (Wildman–Crippen MR) is 289 cm³/mol. The number of hydrogen-bond acceptors (Lipinski definition) is 10. The second-order valence-electron chi connectivity index (χ2n) is 21.9. The Bertz CT molecular complexity index is 3390. The van der Waals surface area contributed by atoms with Crippen molar-refractivity contribution in [3.8, 4) is 22.5 Å². The summed E-state index contributed by atoms with van der Waals surface area (Å²) < 4.78 is 12.1. The number of ether oxygens (including phenoxy) is 1. The van der Waals surface area contributed by atoms with E-state index in [1.54, 1.807) is 6.33 Å². The number of aromatic amines is 2. The number of aromatic nitrogens is 8. The largest absolute Gasteiger partial charge is 0.378 e. The third-order valence-electron chi connectivity index (χ3n) is 16.6. The van der Waals surface area contributed by atoms with Crippen molar-refractivity contribution in [1.29, 1.82) is 0 Å². The molecule has 12 heterocycles. The second kappa shape index (κ2) is 19.2. The number of amides is 3. The molecule has 0 saturated carbocycles. The quantitative estimate of drug-likeness (QED) is 0.121. The molecule has 4 aliphatic heterocycles. The van der Waals surface area contributed by atoms with Crippen LogP contribution in [0.15, 0.2) is 37.2 Å². The molecule has 384 valence electrons. The van der Waals surface area contributed by atoms with Crippen molar-refractivity contribution in [3.05, 3.63) is 80.3 Å². The lowest BCUT2D eigenvalue weighted by Crippen LogP contribution is -2.59. The molecule has 18 heteroatoms. The van der Waals surface area contributed by atoms with E-state index in [0.717, 1.165) is 117 Å². The lowest BCUT2D eigenvalue weighted by atomic mass is 9.90. The Morgan fingerprint density at radius 1 is 0.726 bits per heavy atom. The van der Waals surface area contributed by atoms with E-state index in [0.29, 0.717) is 50.1 Å². The van der Waals surface area contributed by atoms with Crippen LogP contribution in [0.4, 0.5) is 4.79 Å². The zero-order chi connectivity index (χ0) is 50.4. The standard InChI is InChI=1S/C55H70N13O3S2/c1-31(2)42-44-35(7)48(72-51(44)60-46(42)39-23-33(5)50-57-28-58-67(50)25-39)37-9-15-62(16-10-37)54(69)41-27-71-22-21-65(41)30-66-29-59-68-26-40(24-34(6)53(66)68)47-43(32(3)4)45-36(8)49(73-52(45)61-47)38-11-17-63(18-12-38)55(70)64-19-13-56-14-20-64/h23-26,28-29,31-32,37-38,41,56,60-61H,9-22,27,30H2,1-8H3/q+1/t41-/m0/s1. The summed E-state index contributed by atoms with van der Waals surface area (Å²) in [4.78, 5) is 53.8. The van der Waals surface area contributed by atoms with Gasteiger partial charge in [-0.1, -0.05) is 32.2 Å². The highest BCUT2D eigenvalue weighted by Crippen LogP contribution is 2.48. The molecule has 4 fully saturated rings. The third kappa shape index (κ3) is 8.44. The average molecular weight is 1030 g/mol. The molecule has 8 aromatic heterocycles. The van der Waals surface area contributed by atoms with Gasteiger partial charge in [-0.05, 0) is 117 Å². The van der Waals surface area contributed by atoms with E-state index in [9.17, 15) is 9.59 Å². The monoisotopic (exact) mass is 1020 g/mol. The fourth-order valence-corrected chi connectivity index (χ4v) is 15.7. The number of nitrogens with one attached hydrogen (secondary N) is 3. The molecule has 4 saturated heterocycles. The first kappa shape index (κ1) is 48.3. The highest BCUT2D eigenvalue weighted by molar-refractivity contribution is 7.19. The molecule has 0 radical (unpaired) electrons. The van der Waals surface area contributed by atoms with Gasteiger partial charge in [-0.15, -0.1) is 22.7 Å². The highest BCUT2D eigenvalue weighted by atomic mass is 32.1. The van der Waals surface area contributed by atoms with Crippen LogP contribution in [-0.2, 0) is 16.2 Å². The topological polar surface area (TPSA) is 151 Å². The molecule has 12 rings (SSSR count). The summed E-state index contributed by atoms with van der Waals surface area (Å²) in [7, 11) is 0. The van der Waals surface area contributed by atoms with Crippen molar-refractivity contribution in [1.82, 2.24) is 59.1 Å². The van der Waals surface area contributed by atoms with Crippen molar-refractivity contribution in [3.63, 3.8) is 0 Å². The molecule has 1 atom stereocenters. The number of pyridine rings is 2. The molecule has 3 amide bonds. The van der Waals surface area contributed by atoms with Gasteiger partial charge in [-0.3, -0.25) is 9.69 Å². The van der Waals surface area contributed by atoms with Crippen molar-refractivity contribution < 1.29 is 18.9 Å². The Labute approximate surface area is 434 Å². The number of piperazine rings is 1. The van der Waals surface area contributed by atoms with E-state index in [2.05, 4.69) is 125 Å². The maximum absolute atomic E-state index is 14.5. The minimum Gasteiger partial charge on any atom is -0.378 e. The van der Waals surface area contributed by atoms with Gasteiger partial charge < -0.3 is 34.7 Å². The number of nitrogens with zero attached hydrogens (tertiary/aromatic N) is 10. The molecule has 73 heavy (non-hydrogen) atoms. The Kier molecular flexibility index (Phi) is 12.7. The van der Waals surface area contributed by atoms with Crippen LogP contribution >= 0.6 is 22.7 Å². The number of rotatable bonds is 9. The first-order chi connectivity index (χ1) is 35.3. The number of urea groups is 1. The number of carbonyl (C=O) groups is 2. The Morgan fingerprint density at radius 3 is 1.89 bits per heavy atom. The van der Waals surface area contributed by atoms with Crippen LogP contribution in [0.3, 0.4) is 0 Å². The van der Waals surface area contributed by atoms with E-state index in [-0.39, 0.29) is 18.0 Å². The van der Waals surface area contributed by atoms with Crippen LogP contribution in [-0.4, -0.2) is 144 Å². The van der Waals surface area contributed by atoms with E-state index in [4.69, 9.17) is 9.84 Å². The number of likely N-dealkylation sites (tertiary alicyclic amines) is 2. The number of fused-ring (bicyclic) bond motifs is 4. The number of thiophene rings is 2. The molecule has 8 aromatic rings. The van der Waals surface area contributed by atoms with Crippen molar-refractivity contribution in [2.75, 3.05) is 72.1 Å². The first-order valence-corrected chi connectivity index (χ1v) is 28.3. The van der Waals surface area contributed by atoms with Gasteiger partial charge in [0.1, 0.15) is 34.9 Å². The lowest BCUT2D eigenvalue weighted by molar-refractivity contribution is -0.694. The number of H-pyrrole nitrogens is 2. The highest BCUT2D eigenvalue weighted by Gasteiger charge is 2.38. The van der Waals surface area contributed by atoms with Gasteiger partial charge in [0, 0.05) is 107 Å². The van der Waals surface area contributed by atoms with Gasteiger partial charge in [0.15, 0.2) is 5.65 Å². The maximum Gasteiger partial charge on any atom is 0.320 e. The second-order valence-corrected chi connectivity index (χ2v) is 24.0. The minimum absolute atomic E-state index is 0.161. The first-order valence-electron chi connectivity index (χ1n) is 26.7. The van der Waals surface area contributed by atoms with Gasteiger partial charge in [-0.2, -0.15) is 5.10 Å². The van der Waals surface area contributed by atoms with E-state index >= 15 is 0 Å². The number of aryl methyl sites for hydroxylation is 4. The van der Waals surface area contributed by atoms with Crippen LogP contribution in [0, 0.1) is 27.7 Å². The zero-order valence-corrected chi connectivity index (χ0v) is 45.3. The lowest BCUT2D eigenvalue weighted by Gasteiger charge is -2.39. The van der Waals surface area contributed by atoms with E-state index in [1.165, 1.54) is 58.1 Å². The fourth-order valence-electron chi connectivity index (χ4n) is 12.9. The van der Waals surface area contributed by atoms with Crippen molar-refractivity contribution >= 4 is 66.3 Å². The summed E-state index contributed by atoms with van der Waals surface area (Å²) in [5, 5.41) is 15.4. The summed E-state index contributed by atoms with van der Waals surface area (Å²) in [5.74, 6) is 1.67. The van der Waals surface area contributed by atoms with Crippen LogP contribution < -0.4 is 9.88 Å². The SMILES string of the molecule is Cc1c(C2CCN(C(=O)[C@@H]3COCCN3C[n+]3cnn4cc(-c5[nH]c6sc(C7CCN(C(=O)N8CCNCC8)CC7)c(C)c6c5C(C)C)cc(C)c43)CC2)sc2[nH]c(-c3cc(C)c4ncnn4c3)c(C(C)C)c12. The van der Waals surface area contributed by atoms with Crippen LogP contribution in [0.2, 0.25) is 0 Å². The number of piperidine rings is 2. The molecule has 0 aliphatic carbocycles. The van der Waals surface area contributed by atoms with Gasteiger partial charge in [-0.25, -0.2) is 18.9 Å². The molecule has 0 bridgehead atoms. The zero-order valence-electron chi connectivity index (χ0n) is 43.7. The molecule has 3 N–H and O–H groups in total. The molecule has 16 nitrogen and oxygen atoms in total. The molecule has 0 unspecified atom stereocenters. The average Bonchev–Trinajstić information content (AvgIpc) is 4.27. The number of carbonyl (C=O) groups excluding carboxylic acids is 2. The van der Waals surface area contributed by atoms with Crippen LogP contribution in [0.5, 0.6) is 0 Å². The van der Waals surface area contributed by atoms with Gasteiger partial charge in [0.25, 0.3) is 12.0 Å². The maximum atomic E-state index is 14.5. The molecule has 0 aromatic carbocycles. The Morgan fingerprint density at radius 2 is 1.29 bits per heavy atom. The Hall–Kier alpha value is -5.66.